The molecule has 0 radical (unpaired) electrons. The van der Waals surface area contributed by atoms with Crippen molar-refractivity contribution in [3.05, 3.63) is 70.9 Å². The first-order valence-electron chi connectivity index (χ1n) is 10.9. The van der Waals surface area contributed by atoms with E-state index in [1.165, 1.54) is 35.2 Å². The van der Waals surface area contributed by atoms with E-state index in [1.54, 1.807) is 6.07 Å². The zero-order chi connectivity index (χ0) is 24.9. The van der Waals surface area contributed by atoms with Crippen molar-refractivity contribution in [3.63, 3.8) is 0 Å². The molecule has 0 aliphatic rings. The van der Waals surface area contributed by atoms with Gasteiger partial charge in [-0.15, -0.1) is 5.10 Å². The SMILES string of the molecule is [2H]C([2H])C([2H])([2H])c1ccccc1OCC(=O)N(Cc1nnc(N)o1)Cc1ccc(C#N)cc1F. The molecule has 0 atom stereocenters. The van der Waals surface area contributed by atoms with E-state index < -0.39 is 31.6 Å². The molecule has 30 heavy (non-hydrogen) atoms. The monoisotopic (exact) mass is 413 g/mol. The lowest BCUT2D eigenvalue weighted by molar-refractivity contribution is -0.135. The molecule has 0 bridgehead atoms. The van der Waals surface area contributed by atoms with Crippen molar-refractivity contribution in [2.24, 2.45) is 0 Å². The van der Waals surface area contributed by atoms with Crippen molar-refractivity contribution >= 4 is 11.9 Å². The highest BCUT2D eigenvalue weighted by Gasteiger charge is 2.20. The Morgan fingerprint density at radius 3 is 2.87 bits per heavy atom. The van der Waals surface area contributed by atoms with Crippen molar-refractivity contribution in [1.82, 2.24) is 15.1 Å². The number of carbonyl (C=O) groups excluding carboxylic acids is 1. The molecule has 0 aliphatic carbocycles. The highest BCUT2D eigenvalue weighted by atomic mass is 19.1. The molecule has 8 nitrogen and oxygen atoms in total. The Morgan fingerprint density at radius 2 is 2.17 bits per heavy atom. The van der Waals surface area contributed by atoms with Gasteiger partial charge in [0.05, 0.1) is 18.2 Å². The van der Waals surface area contributed by atoms with E-state index in [0.717, 1.165) is 6.07 Å². The number of ether oxygens (including phenoxy) is 1. The standard InChI is InChI=1S/C21H20FN5O3/c1-2-15-5-3-4-6-18(15)29-13-20(28)27(12-19-25-26-21(24)30-19)11-16-8-7-14(10-23)9-17(16)22/h3-9H,2,11-13H2,1H3,(H2,24,26)/i1D2,2D2. The highest BCUT2D eigenvalue weighted by molar-refractivity contribution is 5.77. The van der Waals surface area contributed by atoms with Gasteiger partial charge in [0, 0.05) is 17.6 Å². The average Bonchev–Trinajstić information content (AvgIpc) is 3.22. The van der Waals surface area contributed by atoms with Crippen molar-refractivity contribution in [3.8, 4) is 11.8 Å². The van der Waals surface area contributed by atoms with E-state index in [9.17, 15) is 9.18 Å². The molecule has 2 N–H and O–H groups in total. The molecule has 0 saturated heterocycles. The van der Waals surface area contributed by atoms with Gasteiger partial charge in [-0.2, -0.15) is 5.26 Å². The van der Waals surface area contributed by atoms with Gasteiger partial charge in [0.25, 0.3) is 5.91 Å². The van der Waals surface area contributed by atoms with Gasteiger partial charge >= 0.3 is 6.01 Å². The van der Waals surface area contributed by atoms with Crippen LogP contribution in [0.15, 0.2) is 46.9 Å². The molecule has 154 valence electrons. The predicted molar refractivity (Wildman–Crippen MR) is 105 cm³/mol. The number of nitrogen functional groups attached to an aromatic ring is 1. The minimum atomic E-state index is -2.34. The van der Waals surface area contributed by atoms with Gasteiger partial charge in [-0.3, -0.25) is 4.79 Å². The highest BCUT2D eigenvalue weighted by Crippen LogP contribution is 2.19. The number of hydrogen-bond acceptors (Lipinski definition) is 7. The number of nitrogens with two attached hydrogens (primary N) is 1. The number of aromatic nitrogens is 2. The Hall–Kier alpha value is -3.93. The molecule has 0 aliphatic heterocycles. The number of aryl methyl sites for hydroxylation is 1. The van der Waals surface area contributed by atoms with Crippen LogP contribution in [-0.2, 0) is 24.3 Å². The van der Waals surface area contributed by atoms with Crippen molar-refractivity contribution in [2.75, 3.05) is 12.3 Å². The molecule has 3 rings (SSSR count). The first-order chi connectivity index (χ1) is 16.1. The predicted octanol–water partition coefficient (Wildman–Crippen LogP) is 2.83. The maximum absolute atomic E-state index is 14.4. The molecule has 1 amide bonds. The van der Waals surface area contributed by atoms with E-state index in [4.69, 9.17) is 25.6 Å². The van der Waals surface area contributed by atoms with E-state index in [2.05, 4.69) is 10.2 Å². The first kappa shape index (κ1) is 15.9. The van der Waals surface area contributed by atoms with Crippen molar-refractivity contribution < 1.29 is 23.8 Å². The lowest BCUT2D eigenvalue weighted by atomic mass is 10.1. The molecule has 2 aromatic carbocycles. The van der Waals surface area contributed by atoms with E-state index >= 15 is 0 Å². The topological polar surface area (TPSA) is 118 Å². The Kier molecular flexibility index (Phi) is 5.05. The number of para-hydroxylation sites is 1. The van der Waals surface area contributed by atoms with Crippen LogP contribution in [0, 0.1) is 17.1 Å². The Morgan fingerprint density at radius 1 is 1.33 bits per heavy atom. The zero-order valence-electron chi connectivity index (χ0n) is 19.7. The minimum Gasteiger partial charge on any atom is -0.483 e. The Bertz CT molecular complexity index is 1220. The molecular weight excluding hydrogens is 389 g/mol. The summed E-state index contributed by atoms with van der Waals surface area (Å²) in [6, 6.07) is 11.4. The van der Waals surface area contributed by atoms with Crippen LogP contribution in [0.3, 0.4) is 0 Å². The number of carbonyl (C=O) groups is 1. The van der Waals surface area contributed by atoms with E-state index in [-0.39, 0.29) is 47.4 Å². The van der Waals surface area contributed by atoms with Crippen LogP contribution in [0.2, 0.25) is 0 Å². The summed E-state index contributed by atoms with van der Waals surface area (Å²) < 4.78 is 56.0. The number of amides is 1. The van der Waals surface area contributed by atoms with Gasteiger partial charge in [0.2, 0.25) is 5.89 Å². The van der Waals surface area contributed by atoms with Gasteiger partial charge in [-0.05, 0) is 30.1 Å². The molecule has 0 spiro atoms. The summed E-state index contributed by atoms with van der Waals surface area (Å²) in [5.74, 6) is -1.30. The fourth-order valence-corrected chi connectivity index (χ4v) is 2.62. The summed E-state index contributed by atoms with van der Waals surface area (Å²) in [4.78, 5) is 14.2. The lowest BCUT2D eigenvalue weighted by Gasteiger charge is -2.22. The Balaban J connectivity index is 1.82. The van der Waals surface area contributed by atoms with Crippen LogP contribution < -0.4 is 10.5 Å². The third-order valence-electron chi connectivity index (χ3n) is 4.10. The number of hydrogen-bond donors (Lipinski definition) is 1. The maximum atomic E-state index is 14.4. The Labute approximate surface area is 178 Å². The van der Waals surface area contributed by atoms with Gasteiger partial charge in [-0.25, -0.2) is 4.39 Å². The second-order valence-electron chi connectivity index (χ2n) is 6.13. The summed E-state index contributed by atoms with van der Waals surface area (Å²) in [6.45, 7) is -2.82. The second-order valence-corrected chi connectivity index (χ2v) is 6.13. The molecule has 0 unspecified atom stereocenters. The van der Waals surface area contributed by atoms with E-state index in [1.807, 2.05) is 6.07 Å². The number of rotatable bonds is 8. The van der Waals surface area contributed by atoms with E-state index in [0.29, 0.717) is 0 Å². The van der Waals surface area contributed by atoms with Crippen LogP contribution in [-0.4, -0.2) is 27.6 Å². The van der Waals surface area contributed by atoms with Crippen LogP contribution in [0.25, 0.3) is 0 Å². The summed E-state index contributed by atoms with van der Waals surface area (Å²) in [7, 11) is 0. The minimum absolute atomic E-state index is 0.00268. The number of nitrogens with zero attached hydrogens (tertiary/aromatic N) is 4. The number of halogens is 1. The van der Waals surface area contributed by atoms with Gasteiger partial charge in [-0.1, -0.05) is 36.2 Å². The normalized spacial score (nSPS) is 13.0. The molecule has 3 aromatic rings. The summed E-state index contributed by atoms with van der Waals surface area (Å²) in [6.07, 6.45) is -2.34. The molecule has 0 saturated carbocycles. The average molecular weight is 413 g/mol. The smallest absolute Gasteiger partial charge is 0.312 e. The van der Waals surface area contributed by atoms with Crippen LogP contribution in [0.4, 0.5) is 10.4 Å². The van der Waals surface area contributed by atoms with Crippen LogP contribution in [0.1, 0.15) is 34.9 Å². The largest absolute Gasteiger partial charge is 0.483 e. The van der Waals surface area contributed by atoms with Gasteiger partial charge in [0.1, 0.15) is 11.6 Å². The molecule has 1 heterocycles. The summed E-state index contributed by atoms with van der Waals surface area (Å²) in [5, 5.41) is 16.2. The molecule has 9 heteroatoms. The maximum Gasteiger partial charge on any atom is 0.312 e. The fourth-order valence-electron chi connectivity index (χ4n) is 2.62. The first-order valence-corrected chi connectivity index (χ1v) is 8.72. The third kappa shape index (κ3) is 5.11. The van der Waals surface area contributed by atoms with Crippen LogP contribution in [0.5, 0.6) is 5.75 Å². The van der Waals surface area contributed by atoms with Crippen molar-refractivity contribution in [2.45, 2.75) is 26.3 Å². The quantitative estimate of drug-likeness (QED) is 0.603. The third-order valence-corrected chi connectivity index (χ3v) is 4.10. The molecule has 0 fully saturated rings. The summed E-state index contributed by atoms with van der Waals surface area (Å²) >= 11 is 0. The number of nitriles is 1. The molecule has 1 aromatic heterocycles. The van der Waals surface area contributed by atoms with Gasteiger partial charge < -0.3 is 19.8 Å². The van der Waals surface area contributed by atoms with Gasteiger partial charge in [0.15, 0.2) is 6.61 Å². The second kappa shape index (κ2) is 9.52. The number of anilines is 1. The summed E-state index contributed by atoms with van der Waals surface area (Å²) in [5.41, 5.74) is 5.63. The molecular formula is C21H20FN5O3. The van der Waals surface area contributed by atoms with Crippen LogP contribution >= 0.6 is 0 Å². The van der Waals surface area contributed by atoms with Crippen molar-refractivity contribution in [1.29, 1.82) is 5.26 Å². The lowest BCUT2D eigenvalue weighted by Crippen LogP contribution is -2.34. The number of benzene rings is 2. The fraction of sp³-hybridized carbons (Fsp3) is 0.238. The zero-order valence-corrected chi connectivity index (χ0v) is 15.7.